The largest absolute Gasteiger partial charge is 0.347 e. The van der Waals surface area contributed by atoms with E-state index >= 15 is 0 Å². The van der Waals surface area contributed by atoms with Crippen molar-refractivity contribution in [3.8, 4) is 11.3 Å². The molecule has 0 N–H and O–H groups in total. The van der Waals surface area contributed by atoms with E-state index in [0.29, 0.717) is 5.92 Å². The molecule has 1 atom stereocenters. The van der Waals surface area contributed by atoms with Gasteiger partial charge >= 0.3 is 0 Å². The quantitative estimate of drug-likeness (QED) is 0.371. The molecule has 1 aliphatic rings. The van der Waals surface area contributed by atoms with Crippen LogP contribution in [0.15, 0.2) is 35.6 Å². The summed E-state index contributed by atoms with van der Waals surface area (Å²) < 4.78 is 2.23. The highest BCUT2D eigenvalue weighted by molar-refractivity contribution is 5.75. The average Bonchev–Trinajstić information content (AvgIpc) is 2.98. The van der Waals surface area contributed by atoms with Gasteiger partial charge < -0.3 is 4.57 Å². The van der Waals surface area contributed by atoms with Crippen molar-refractivity contribution in [2.24, 2.45) is 5.11 Å². The molecule has 0 amide bonds. The summed E-state index contributed by atoms with van der Waals surface area (Å²) in [6.45, 7) is 7.12. The predicted octanol–water partition coefficient (Wildman–Crippen LogP) is 4.88. The smallest absolute Gasteiger partial charge is 0.0525 e. The van der Waals surface area contributed by atoms with Gasteiger partial charge in [-0.05, 0) is 40.3 Å². The third kappa shape index (κ3) is 2.43. The molecular formula is C17H20N4. The Morgan fingerprint density at radius 3 is 2.76 bits per heavy atom. The minimum absolute atomic E-state index is 0.0381. The lowest BCUT2D eigenvalue weighted by atomic mass is 9.98. The maximum atomic E-state index is 8.56. The van der Waals surface area contributed by atoms with Gasteiger partial charge in [0, 0.05) is 29.6 Å². The van der Waals surface area contributed by atoms with Crippen molar-refractivity contribution in [3.05, 3.63) is 57.6 Å². The second-order valence-corrected chi connectivity index (χ2v) is 6.14. The molecule has 1 aromatic heterocycles. The number of fused-ring (bicyclic) bond motifs is 3. The van der Waals surface area contributed by atoms with Crippen molar-refractivity contribution in [3.63, 3.8) is 0 Å². The van der Waals surface area contributed by atoms with Crippen LogP contribution in [-0.2, 0) is 13.0 Å². The van der Waals surface area contributed by atoms with Crippen LogP contribution in [0.3, 0.4) is 0 Å². The Hall–Kier alpha value is -2.19. The second kappa shape index (κ2) is 5.30. The minimum atomic E-state index is -0.0381. The maximum absolute atomic E-state index is 8.56. The number of hydrogen-bond donors (Lipinski definition) is 0. The van der Waals surface area contributed by atoms with Crippen molar-refractivity contribution >= 4 is 0 Å². The van der Waals surface area contributed by atoms with Gasteiger partial charge in [0.05, 0.1) is 11.7 Å². The minimum Gasteiger partial charge on any atom is -0.347 e. The molecule has 0 aliphatic heterocycles. The van der Waals surface area contributed by atoms with Gasteiger partial charge in [0.1, 0.15) is 0 Å². The molecule has 4 nitrogen and oxygen atoms in total. The Kier molecular flexibility index (Phi) is 3.48. The number of nitrogens with zero attached hydrogens (tertiary/aromatic N) is 4. The molecule has 3 rings (SSSR count). The van der Waals surface area contributed by atoms with Crippen molar-refractivity contribution in [1.82, 2.24) is 4.57 Å². The molecule has 1 aliphatic carbocycles. The Bertz CT molecular complexity index is 720. The van der Waals surface area contributed by atoms with E-state index in [2.05, 4.69) is 58.9 Å². The SMILES string of the molecule is CC(Cn1ccc2c1-c1cc(C(C)C)ccc1C2)N=[N+]=[N-]. The summed E-state index contributed by atoms with van der Waals surface area (Å²) in [5.74, 6) is 0.532. The summed E-state index contributed by atoms with van der Waals surface area (Å²) in [6, 6.07) is 8.96. The summed E-state index contributed by atoms with van der Waals surface area (Å²) in [7, 11) is 0. The van der Waals surface area contributed by atoms with Gasteiger partial charge in [-0.15, -0.1) is 0 Å². The van der Waals surface area contributed by atoms with Gasteiger partial charge in [-0.3, -0.25) is 0 Å². The fraction of sp³-hybridized carbons (Fsp3) is 0.412. The van der Waals surface area contributed by atoms with E-state index in [4.69, 9.17) is 5.53 Å². The van der Waals surface area contributed by atoms with E-state index in [1.165, 1.54) is 27.9 Å². The van der Waals surface area contributed by atoms with Gasteiger partial charge in [-0.2, -0.15) is 0 Å². The Labute approximate surface area is 125 Å². The van der Waals surface area contributed by atoms with Crippen LogP contribution in [0.25, 0.3) is 21.7 Å². The normalized spacial score (nSPS) is 13.7. The molecule has 0 radical (unpaired) electrons. The third-order valence-corrected chi connectivity index (χ3v) is 4.19. The number of azide groups is 1. The lowest BCUT2D eigenvalue weighted by Gasteiger charge is -2.13. The van der Waals surface area contributed by atoms with E-state index in [9.17, 15) is 0 Å². The van der Waals surface area contributed by atoms with Gasteiger partial charge in [-0.25, -0.2) is 0 Å². The molecule has 0 saturated heterocycles. The third-order valence-electron chi connectivity index (χ3n) is 4.19. The van der Waals surface area contributed by atoms with E-state index in [1.807, 2.05) is 6.92 Å². The first-order chi connectivity index (χ1) is 10.1. The van der Waals surface area contributed by atoms with Crippen molar-refractivity contribution in [1.29, 1.82) is 0 Å². The molecule has 1 aromatic carbocycles. The zero-order valence-corrected chi connectivity index (χ0v) is 12.7. The van der Waals surface area contributed by atoms with Gasteiger partial charge in [-0.1, -0.05) is 38.0 Å². The number of rotatable bonds is 4. The van der Waals surface area contributed by atoms with E-state index in [1.54, 1.807) is 0 Å². The highest BCUT2D eigenvalue weighted by atomic mass is 15.2. The average molecular weight is 280 g/mol. The number of hydrogen-bond acceptors (Lipinski definition) is 1. The van der Waals surface area contributed by atoms with E-state index < -0.39 is 0 Å². The summed E-state index contributed by atoms with van der Waals surface area (Å²) in [5, 5.41) is 3.79. The summed E-state index contributed by atoms with van der Waals surface area (Å²) in [4.78, 5) is 2.90. The van der Waals surface area contributed by atoms with Gasteiger partial charge in [0.25, 0.3) is 0 Å². The predicted molar refractivity (Wildman–Crippen MR) is 85.4 cm³/mol. The first-order valence-corrected chi connectivity index (χ1v) is 7.45. The lowest BCUT2D eigenvalue weighted by Crippen LogP contribution is -2.09. The monoisotopic (exact) mass is 280 g/mol. The molecule has 2 aromatic rings. The zero-order valence-electron chi connectivity index (χ0n) is 12.7. The van der Waals surface area contributed by atoms with Gasteiger partial charge in [0.2, 0.25) is 0 Å². The lowest BCUT2D eigenvalue weighted by molar-refractivity contribution is 0.594. The van der Waals surface area contributed by atoms with Crippen LogP contribution >= 0.6 is 0 Å². The van der Waals surface area contributed by atoms with Crippen LogP contribution in [0, 0.1) is 0 Å². The molecule has 4 heteroatoms. The molecule has 0 spiro atoms. The number of benzene rings is 1. The first-order valence-electron chi connectivity index (χ1n) is 7.45. The van der Waals surface area contributed by atoms with Crippen LogP contribution in [0.2, 0.25) is 0 Å². The van der Waals surface area contributed by atoms with Crippen LogP contribution in [-0.4, -0.2) is 10.6 Å². The standard InChI is InChI=1S/C17H20N4/c1-11(2)13-4-5-14-8-15-6-7-21(10-12(3)19-20-18)17(15)16(14)9-13/h4-7,9,11-12H,8,10H2,1-3H3. The second-order valence-electron chi connectivity index (χ2n) is 6.14. The molecule has 21 heavy (non-hydrogen) atoms. The Morgan fingerprint density at radius 2 is 2.05 bits per heavy atom. The van der Waals surface area contributed by atoms with E-state index in [-0.39, 0.29) is 6.04 Å². The summed E-state index contributed by atoms with van der Waals surface area (Å²) in [5.41, 5.74) is 15.3. The van der Waals surface area contributed by atoms with Crippen LogP contribution in [0.1, 0.15) is 43.4 Å². The molecule has 0 bridgehead atoms. The van der Waals surface area contributed by atoms with Crippen LogP contribution < -0.4 is 0 Å². The molecule has 0 saturated carbocycles. The highest BCUT2D eigenvalue weighted by Gasteiger charge is 2.23. The highest BCUT2D eigenvalue weighted by Crippen LogP contribution is 2.39. The van der Waals surface area contributed by atoms with Crippen molar-refractivity contribution < 1.29 is 0 Å². The van der Waals surface area contributed by atoms with Crippen LogP contribution in [0.5, 0.6) is 0 Å². The van der Waals surface area contributed by atoms with E-state index in [0.717, 1.165) is 13.0 Å². The number of aromatic nitrogens is 1. The Balaban J connectivity index is 2.02. The summed E-state index contributed by atoms with van der Waals surface area (Å²) in [6.07, 6.45) is 3.12. The van der Waals surface area contributed by atoms with Crippen molar-refractivity contribution in [2.75, 3.05) is 0 Å². The topological polar surface area (TPSA) is 53.7 Å². The molecular weight excluding hydrogens is 260 g/mol. The van der Waals surface area contributed by atoms with Crippen molar-refractivity contribution in [2.45, 2.75) is 45.7 Å². The molecule has 0 fully saturated rings. The zero-order chi connectivity index (χ0) is 15.0. The van der Waals surface area contributed by atoms with Crippen LogP contribution in [0.4, 0.5) is 0 Å². The fourth-order valence-corrected chi connectivity index (χ4v) is 3.08. The maximum Gasteiger partial charge on any atom is 0.0525 e. The fourth-order valence-electron chi connectivity index (χ4n) is 3.08. The molecule has 108 valence electrons. The first kappa shape index (κ1) is 13.8. The Morgan fingerprint density at radius 1 is 1.24 bits per heavy atom. The summed E-state index contributed by atoms with van der Waals surface area (Å²) >= 11 is 0. The molecule has 1 heterocycles. The molecule has 1 unspecified atom stereocenters. The van der Waals surface area contributed by atoms with Gasteiger partial charge in [0.15, 0.2) is 0 Å².